The highest BCUT2D eigenvalue weighted by atomic mass is 32.1. The first-order chi connectivity index (χ1) is 12.8. The van der Waals surface area contributed by atoms with Gasteiger partial charge in [-0.15, -0.1) is 16.4 Å². The van der Waals surface area contributed by atoms with Crippen LogP contribution < -0.4 is 0 Å². The highest BCUT2D eigenvalue weighted by Crippen LogP contribution is 2.20. The zero-order chi connectivity index (χ0) is 17.8. The second-order valence-electron chi connectivity index (χ2n) is 6.40. The molecule has 7 heteroatoms. The van der Waals surface area contributed by atoms with Gasteiger partial charge in [-0.25, -0.2) is 14.6 Å². The van der Waals surface area contributed by atoms with Crippen molar-refractivity contribution in [3.05, 3.63) is 52.1 Å². The maximum absolute atomic E-state index is 5.87. The second-order valence-corrected chi connectivity index (χ2v) is 7.46. The monoisotopic (exact) mass is 370 g/mol. The van der Waals surface area contributed by atoms with Crippen LogP contribution in [0.15, 0.2) is 35.7 Å². The van der Waals surface area contributed by atoms with Crippen molar-refractivity contribution in [1.29, 1.82) is 0 Å². The van der Waals surface area contributed by atoms with E-state index in [-0.39, 0.29) is 6.10 Å². The van der Waals surface area contributed by atoms with Gasteiger partial charge in [-0.2, -0.15) is 0 Å². The highest BCUT2D eigenvalue weighted by Gasteiger charge is 2.18. The van der Waals surface area contributed by atoms with Crippen molar-refractivity contribution in [1.82, 2.24) is 19.7 Å². The Balaban J connectivity index is 1.52. The Morgan fingerprint density at radius 1 is 1.27 bits per heavy atom. The van der Waals surface area contributed by atoms with Crippen LogP contribution in [0.5, 0.6) is 0 Å². The number of thiazole rings is 1. The van der Waals surface area contributed by atoms with Crippen LogP contribution in [-0.4, -0.2) is 39.1 Å². The fourth-order valence-corrected chi connectivity index (χ4v) is 3.59. The fraction of sp³-hybridized carbons (Fsp3) is 0.421. The Labute approximate surface area is 156 Å². The molecule has 0 spiro atoms. The van der Waals surface area contributed by atoms with Gasteiger partial charge in [0.1, 0.15) is 12.3 Å². The maximum atomic E-state index is 5.87. The number of nitrogens with zero attached hydrogens (tertiary/aromatic N) is 4. The number of aryl methyl sites for hydroxylation is 1. The van der Waals surface area contributed by atoms with Gasteiger partial charge in [-0.05, 0) is 25.3 Å². The quantitative estimate of drug-likeness (QED) is 0.637. The molecule has 1 aromatic carbocycles. The molecule has 1 saturated heterocycles. The van der Waals surface area contributed by atoms with Crippen LogP contribution in [-0.2, 0) is 22.6 Å². The number of hydrogen-bond donors (Lipinski definition) is 0. The van der Waals surface area contributed by atoms with Crippen LogP contribution in [0.4, 0.5) is 0 Å². The summed E-state index contributed by atoms with van der Waals surface area (Å²) in [7, 11) is 0. The van der Waals surface area contributed by atoms with Gasteiger partial charge < -0.3 is 9.47 Å². The van der Waals surface area contributed by atoms with Crippen molar-refractivity contribution < 1.29 is 9.47 Å². The topological polar surface area (TPSA) is 62.1 Å². The van der Waals surface area contributed by atoms with E-state index in [9.17, 15) is 0 Å². The smallest absolute Gasteiger partial charge is 0.200 e. The Kier molecular flexibility index (Phi) is 5.38. The molecule has 1 unspecified atom stereocenters. The van der Waals surface area contributed by atoms with Crippen molar-refractivity contribution in [3.8, 4) is 11.5 Å². The Bertz CT molecular complexity index is 840. The summed E-state index contributed by atoms with van der Waals surface area (Å²) >= 11 is 1.60. The lowest BCUT2D eigenvalue weighted by Crippen LogP contribution is -2.15. The van der Waals surface area contributed by atoms with Crippen molar-refractivity contribution in [2.45, 2.75) is 39.0 Å². The van der Waals surface area contributed by atoms with E-state index in [0.717, 1.165) is 36.0 Å². The molecule has 3 heterocycles. The van der Waals surface area contributed by atoms with Gasteiger partial charge in [0, 0.05) is 12.0 Å². The summed E-state index contributed by atoms with van der Waals surface area (Å²) in [6.07, 6.45) is 2.40. The van der Waals surface area contributed by atoms with Crippen molar-refractivity contribution in [3.63, 3.8) is 0 Å². The average molecular weight is 370 g/mol. The van der Waals surface area contributed by atoms with Crippen molar-refractivity contribution >= 4 is 11.3 Å². The molecule has 1 atom stereocenters. The molecule has 1 aliphatic heterocycles. The molecule has 3 aromatic rings. The molecule has 0 amide bonds. The minimum absolute atomic E-state index is 0.209. The highest BCUT2D eigenvalue weighted by molar-refractivity contribution is 7.09. The van der Waals surface area contributed by atoms with E-state index < -0.39 is 0 Å². The van der Waals surface area contributed by atoms with Gasteiger partial charge in [0.2, 0.25) is 5.82 Å². The summed E-state index contributed by atoms with van der Waals surface area (Å²) < 4.78 is 13.4. The van der Waals surface area contributed by atoms with E-state index in [0.29, 0.717) is 25.6 Å². The van der Waals surface area contributed by atoms with Gasteiger partial charge in [0.15, 0.2) is 5.82 Å². The van der Waals surface area contributed by atoms with Gasteiger partial charge in [-0.1, -0.05) is 30.3 Å². The van der Waals surface area contributed by atoms with Crippen molar-refractivity contribution in [2.75, 3.05) is 13.2 Å². The zero-order valence-corrected chi connectivity index (χ0v) is 15.6. The molecule has 1 aliphatic rings. The van der Waals surface area contributed by atoms with Crippen LogP contribution >= 0.6 is 11.3 Å². The minimum Gasteiger partial charge on any atom is -0.376 e. The predicted octanol–water partition coefficient (Wildman–Crippen LogP) is 3.45. The molecular formula is C19H22N4O2S. The minimum atomic E-state index is 0.209. The van der Waals surface area contributed by atoms with Crippen LogP contribution in [0, 0.1) is 6.92 Å². The van der Waals surface area contributed by atoms with E-state index in [4.69, 9.17) is 9.47 Å². The number of aromatic nitrogens is 4. The van der Waals surface area contributed by atoms with E-state index in [1.807, 2.05) is 35.2 Å². The third-order valence-corrected chi connectivity index (χ3v) is 5.10. The molecule has 1 fully saturated rings. The molecular weight excluding hydrogens is 348 g/mol. The summed E-state index contributed by atoms with van der Waals surface area (Å²) in [6, 6.07) is 10.3. The average Bonchev–Trinajstić information content (AvgIpc) is 3.38. The molecule has 0 saturated carbocycles. The Hall–Kier alpha value is -2.09. The molecule has 6 nitrogen and oxygen atoms in total. The van der Waals surface area contributed by atoms with Gasteiger partial charge in [0.05, 0.1) is 24.3 Å². The molecule has 136 valence electrons. The molecule has 0 radical (unpaired) electrons. The summed E-state index contributed by atoms with van der Waals surface area (Å²) in [6.45, 7) is 4.51. The SMILES string of the molecule is Cc1nc(-c2nc(COCC3CCCO3)n(Cc3ccccc3)n2)cs1. The normalized spacial score (nSPS) is 17.0. The first-order valence-corrected chi connectivity index (χ1v) is 9.75. The first-order valence-electron chi connectivity index (χ1n) is 8.87. The molecule has 0 N–H and O–H groups in total. The largest absolute Gasteiger partial charge is 0.376 e. The van der Waals surface area contributed by atoms with Gasteiger partial charge in [0.25, 0.3) is 0 Å². The second kappa shape index (κ2) is 8.07. The summed E-state index contributed by atoms with van der Waals surface area (Å²) in [5, 5.41) is 7.68. The molecule has 0 aliphatic carbocycles. The summed E-state index contributed by atoms with van der Waals surface area (Å²) in [5.74, 6) is 1.47. The number of rotatable bonds is 7. The van der Waals surface area contributed by atoms with E-state index in [1.165, 1.54) is 5.56 Å². The third kappa shape index (κ3) is 4.17. The summed E-state index contributed by atoms with van der Waals surface area (Å²) in [5.41, 5.74) is 2.00. The van der Waals surface area contributed by atoms with Crippen molar-refractivity contribution in [2.24, 2.45) is 0 Å². The predicted molar refractivity (Wildman–Crippen MR) is 100 cm³/mol. The number of ether oxygens (including phenoxy) is 2. The van der Waals surface area contributed by atoms with E-state index >= 15 is 0 Å². The molecule has 0 bridgehead atoms. The zero-order valence-electron chi connectivity index (χ0n) is 14.8. The number of benzene rings is 1. The fourth-order valence-electron chi connectivity index (χ4n) is 3.00. The van der Waals surface area contributed by atoms with E-state index in [1.54, 1.807) is 11.3 Å². The molecule has 26 heavy (non-hydrogen) atoms. The standard InChI is InChI=1S/C19H22N4O2S/c1-14-20-17(13-26-14)19-21-18(12-24-11-16-8-5-9-25-16)23(22-19)10-15-6-3-2-4-7-15/h2-4,6-7,13,16H,5,8-12H2,1H3. The van der Waals surface area contributed by atoms with Crippen LogP contribution in [0.1, 0.15) is 29.2 Å². The van der Waals surface area contributed by atoms with Crippen LogP contribution in [0.3, 0.4) is 0 Å². The van der Waals surface area contributed by atoms with Gasteiger partial charge >= 0.3 is 0 Å². The lowest BCUT2D eigenvalue weighted by atomic mass is 10.2. The Morgan fingerprint density at radius 2 is 2.15 bits per heavy atom. The molecule has 2 aromatic heterocycles. The number of hydrogen-bond acceptors (Lipinski definition) is 6. The van der Waals surface area contributed by atoms with E-state index in [2.05, 4.69) is 27.2 Å². The van der Waals surface area contributed by atoms with Crippen LogP contribution in [0.2, 0.25) is 0 Å². The van der Waals surface area contributed by atoms with Crippen LogP contribution in [0.25, 0.3) is 11.5 Å². The Morgan fingerprint density at radius 3 is 2.88 bits per heavy atom. The van der Waals surface area contributed by atoms with Gasteiger partial charge in [-0.3, -0.25) is 0 Å². The third-order valence-electron chi connectivity index (χ3n) is 4.33. The first kappa shape index (κ1) is 17.3. The lowest BCUT2D eigenvalue weighted by molar-refractivity contribution is 0.00772. The lowest BCUT2D eigenvalue weighted by Gasteiger charge is -2.10. The molecule has 4 rings (SSSR count). The summed E-state index contributed by atoms with van der Waals surface area (Å²) in [4.78, 5) is 9.19. The maximum Gasteiger partial charge on any atom is 0.200 e.